The van der Waals surface area contributed by atoms with Crippen LogP contribution in [0.1, 0.15) is 46.1 Å². The molecule has 2 amide bonds. The normalized spacial score (nSPS) is 11.1. The molecule has 0 aromatic heterocycles. The van der Waals surface area contributed by atoms with E-state index >= 15 is 0 Å². The van der Waals surface area contributed by atoms with E-state index in [1.165, 1.54) is 5.56 Å². The quantitative estimate of drug-likeness (QED) is 0.895. The molecule has 0 heterocycles. The first-order chi connectivity index (χ1) is 9.67. The van der Waals surface area contributed by atoms with E-state index < -0.39 is 11.7 Å². The zero-order valence-corrected chi connectivity index (χ0v) is 13.3. The summed E-state index contributed by atoms with van der Waals surface area (Å²) in [5.74, 6) is 0.154. The van der Waals surface area contributed by atoms with Crippen molar-refractivity contribution in [2.75, 3.05) is 11.9 Å². The Kier molecular flexibility index (Phi) is 5.76. The summed E-state index contributed by atoms with van der Waals surface area (Å²) in [6.45, 7) is 9.40. The standard InChI is InChI=1S/C16H24N2O3/c1-11(2)12-6-8-13(9-7-12)18-14(19)10-17-15(20)21-16(3,4)5/h6-9,11H,10H2,1-5H3,(H,17,20)(H,18,19). The van der Waals surface area contributed by atoms with Crippen LogP contribution >= 0.6 is 0 Å². The molecule has 21 heavy (non-hydrogen) atoms. The van der Waals surface area contributed by atoms with Crippen molar-refractivity contribution >= 4 is 17.7 Å². The van der Waals surface area contributed by atoms with E-state index in [-0.39, 0.29) is 12.5 Å². The molecule has 0 atom stereocenters. The lowest BCUT2D eigenvalue weighted by molar-refractivity contribution is -0.115. The molecular weight excluding hydrogens is 268 g/mol. The molecular formula is C16H24N2O3. The number of benzene rings is 1. The third-order valence-electron chi connectivity index (χ3n) is 2.65. The first-order valence-corrected chi connectivity index (χ1v) is 7.04. The summed E-state index contributed by atoms with van der Waals surface area (Å²) in [6.07, 6.45) is -0.604. The number of hydrogen-bond acceptors (Lipinski definition) is 3. The lowest BCUT2D eigenvalue weighted by Crippen LogP contribution is -2.37. The van der Waals surface area contributed by atoms with Gasteiger partial charge < -0.3 is 15.4 Å². The second-order valence-electron chi connectivity index (χ2n) is 6.18. The zero-order valence-electron chi connectivity index (χ0n) is 13.3. The summed E-state index contributed by atoms with van der Waals surface area (Å²) >= 11 is 0. The summed E-state index contributed by atoms with van der Waals surface area (Å²) in [6, 6.07) is 7.64. The second kappa shape index (κ2) is 7.11. The minimum atomic E-state index is -0.604. The Bertz CT molecular complexity index is 487. The maximum Gasteiger partial charge on any atom is 0.408 e. The number of hydrogen-bond donors (Lipinski definition) is 2. The largest absolute Gasteiger partial charge is 0.444 e. The van der Waals surface area contributed by atoms with E-state index in [0.29, 0.717) is 11.6 Å². The van der Waals surface area contributed by atoms with Crippen molar-refractivity contribution in [3.63, 3.8) is 0 Å². The first-order valence-electron chi connectivity index (χ1n) is 7.04. The number of rotatable bonds is 4. The van der Waals surface area contributed by atoms with Crippen molar-refractivity contribution in [3.8, 4) is 0 Å². The Morgan fingerprint density at radius 3 is 2.19 bits per heavy atom. The highest BCUT2D eigenvalue weighted by Gasteiger charge is 2.16. The van der Waals surface area contributed by atoms with Crippen molar-refractivity contribution in [1.82, 2.24) is 5.32 Å². The molecule has 1 aromatic rings. The Labute approximate surface area is 126 Å². The summed E-state index contributed by atoms with van der Waals surface area (Å²) < 4.78 is 5.05. The van der Waals surface area contributed by atoms with E-state index in [4.69, 9.17) is 4.74 Å². The van der Waals surface area contributed by atoms with Crippen LogP contribution in [0.25, 0.3) is 0 Å². The minimum Gasteiger partial charge on any atom is -0.444 e. The number of carbonyl (C=O) groups excluding carboxylic acids is 2. The van der Waals surface area contributed by atoms with E-state index in [2.05, 4.69) is 24.5 Å². The number of nitrogens with one attached hydrogen (secondary N) is 2. The molecule has 0 aliphatic rings. The number of amides is 2. The summed E-state index contributed by atoms with van der Waals surface area (Å²) in [5.41, 5.74) is 1.34. The van der Waals surface area contributed by atoms with Gasteiger partial charge in [0, 0.05) is 5.69 Å². The Hall–Kier alpha value is -2.04. The fourth-order valence-electron chi connectivity index (χ4n) is 1.62. The van der Waals surface area contributed by atoms with Crippen LogP contribution in [0, 0.1) is 0 Å². The van der Waals surface area contributed by atoms with Crippen LogP contribution in [-0.4, -0.2) is 24.1 Å². The first kappa shape index (κ1) is 17.0. The van der Waals surface area contributed by atoms with Crippen LogP contribution < -0.4 is 10.6 Å². The van der Waals surface area contributed by atoms with Crippen molar-refractivity contribution < 1.29 is 14.3 Å². The van der Waals surface area contributed by atoms with Gasteiger partial charge in [0.2, 0.25) is 5.91 Å². The van der Waals surface area contributed by atoms with E-state index in [1.54, 1.807) is 20.8 Å². The lowest BCUT2D eigenvalue weighted by atomic mass is 10.0. The minimum absolute atomic E-state index is 0.124. The fourth-order valence-corrected chi connectivity index (χ4v) is 1.62. The third kappa shape index (κ3) is 6.79. The smallest absolute Gasteiger partial charge is 0.408 e. The molecule has 0 saturated heterocycles. The van der Waals surface area contributed by atoms with Crippen molar-refractivity contribution in [3.05, 3.63) is 29.8 Å². The van der Waals surface area contributed by atoms with Gasteiger partial charge in [-0.25, -0.2) is 4.79 Å². The van der Waals surface area contributed by atoms with Gasteiger partial charge in [-0.1, -0.05) is 26.0 Å². The highest BCUT2D eigenvalue weighted by Crippen LogP contribution is 2.16. The molecule has 0 unspecified atom stereocenters. The average Bonchev–Trinajstić information content (AvgIpc) is 2.35. The van der Waals surface area contributed by atoms with E-state index in [1.807, 2.05) is 24.3 Å². The van der Waals surface area contributed by atoms with Crippen LogP contribution in [0.2, 0.25) is 0 Å². The summed E-state index contributed by atoms with van der Waals surface area (Å²) in [7, 11) is 0. The second-order valence-corrected chi connectivity index (χ2v) is 6.18. The molecule has 0 spiro atoms. The van der Waals surface area contributed by atoms with Crippen molar-refractivity contribution in [2.24, 2.45) is 0 Å². The van der Waals surface area contributed by atoms with Gasteiger partial charge in [0.15, 0.2) is 0 Å². The molecule has 0 radical (unpaired) electrons. The molecule has 116 valence electrons. The van der Waals surface area contributed by atoms with Gasteiger partial charge in [0.1, 0.15) is 12.1 Å². The maximum atomic E-state index is 11.7. The van der Waals surface area contributed by atoms with Gasteiger partial charge in [-0.15, -0.1) is 0 Å². The van der Waals surface area contributed by atoms with Gasteiger partial charge >= 0.3 is 6.09 Å². The molecule has 0 saturated carbocycles. The molecule has 5 heteroatoms. The predicted molar refractivity (Wildman–Crippen MR) is 83.4 cm³/mol. The Balaban J connectivity index is 2.42. The summed E-state index contributed by atoms with van der Waals surface area (Å²) in [5, 5.41) is 5.13. The van der Waals surface area contributed by atoms with Gasteiger partial charge in [-0.3, -0.25) is 4.79 Å². The number of ether oxygens (including phenoxy) is 1. The maximum absolute atomic E-state index is 11.7. The van der Waals surface area contributed by atoms with E-state index in [9.17, 15) is 9.59 Å². The van der Waals surface area contributed by atoms with Gasteiger partial charge in [0.25, 0.3) is 0 Å². The van der Waals surface area contributed by atoms with Crippen molar-refractivity contribution in [2.45, 2.75) is 46.1 Å². The van der Waals surface area contributed by atoms with Gasteiger partial charge in [-0.05, 0) is 44.4 Å². The molecule has 0 fully saturated rings. The fraction of sp³-hybridized carbons (Fsp3) is 0.500. The Morgan fingerprint density at radius 2 is 1.71 bits per heavy atom. The zero-order chi connectivity index (χ0) is 16.0. The molecule has 1 rings (SSSR count). The molecule has 1 aromatic carbocycles. The van der Waals surface area contributed by atoms with E-state index in [0.717, 1.165) is 0 Å². The molecule has 0 aliphatic heterocycles. The predicted octanol–water partition coefficient (Wildman–Crippen LogP) is 3.27. The topological polar surface area (TPSA) is 67.4 Å². The highest BCUT2D eigenvalue weighted by atomic mass is 16.6. The van der Waals surface area contributed by atoms with Crippen LogP contribution in [0.3, 0.4) is 0 Å². The average molecular weight is 292 g/mol. The van der Waals surface area contributed by atoms with Crippen LogP contribution in [0.15, 0.2) is 24.3 Å². The monoisotopic (exact) mass is 292 g/mol. The van der Waals surface area contributed by atoms with Crippen LogP contribution in [-0.2, 0) is 9.53 Å². The molecule has 2 N–H and O–H groups in total. The van der Waals surface area contributed by atoms with Gasteiger partial charge in [0.05, 0.1) is 0 Å². The summed E-state index contributed by atoms with van der Waals surface area (Å²) in [4.78, 5) is 23.1. The molecule has 0 bridgehead atoms. The molecule has 5 nitrogen and oxygen atoms in total. The number of carbonyl (C=O) groups is 2. The highest BCUT2D eigenvalue weighted by molar-refractivity contribution is 5.93. The lowest BCUT2D eigenvalue weighted by Gasteiger charge is -2.19. The van der Waals surface area contributed by atoms with Crippen molar-refractivity contribution in [1.29, 1.82) is 0 Å². The van der Waals surface area contributed by atoms with Crippen LogP contribution in [0.5, 0.6) is 0 Å². The SMILES string of the molecule is CC(C)c1ccc(NC(=O)CNC(=O)OC(C)(C)C)cc1. The Morgan fingerprint density at radius 1 is 1.14 bits per heavy atom. The number of alkyl carbamates (subject to hydrolysis) is 1. The number of anilines is 1. The third-order valence-corrected chi connectivity index (χ3v) is 2.65. The molecule has 0 aliphatic carbocycles. The van der Waals surface area contributed by atoms with Gasteiger partial charge in [-0.2, -0.15) is 0 Å². The van der Waals surface area contributed by atoms with Crippen LogP contribution in [0.4, 0.5) is 10.5 Å².